The van der Waals surface area contributed by atoms with E-state index in [4.69, 9.17) is 5.73 Å². The SMILES string of the molecule is CCCCCC(C)Nc1ncc(N)cc1C. The zero-order valence-corrected chi connectivity index (χ0v) is 10.6. The molecule has 0 amide bonds. The van der Waals surface area contributed by atoms with Crippen molar-refractivity contribution in [2.24, 2.45) is 0 Å². The molecular formula is C13H23N3. The summed E-state index contributed by atoms with van der Waals surface area (Å²) in [5.41, 5.74) is 7.50. The zero-order chi connectivity index (χ0) is 12.0. The van der Waals surface area contributed by atoms with Crippen LogP contribution in [-0.2, 0) is 0 Å². The highest BCUT2D eigenvalue weighted by Crippen LogP contribution is 2.16. The largest absolute Gasteiger partial charge is 0.397 e. The third-order valence-electron chi connectivity index (χ3n) is 2.72. The summed E-state index contributed by atoms with van der Waals surface area (Å²) in [5.74, 6) is 0.957. The molecule has 90 valence electrons. The molecule has 0 saturated heterocycles. The van der Waals surface area contributed by atoms with Crippen LogP contribution in [0.15, 0.2) is 12.3 Å². The van der Waals surface area contributed by atoms with Gasteiger partial charge >= 0.3 is 0 Å². The summed E-state index contributed by atoms with van der Waals surface area (Å²) in [6.07, 6.45) is 6.75. The van der Waals surface area contributed by atoms with Crippen molar-refractivity contribution in [1.29, 1.82) is 0 Å². The Morgan fingerprint density at radius 1 is 1.44 bits per heavy atom. The first-order valence-corrected chi connectivity index (χ1v) is 6.12. The van der Waals surface area contributed by atoms with Gasteiger partial charge in [-0.15, -0.1) is 0 Å². The van der Waals surface area contributed by atoms with Crippen LogP contribution in [0.25, 0.3) is 0 Å². The minimum atomic E-state index is 0.473. The van der Waals surface area contributed by atoms with Crippen molar-refractivity contribution in [1.82, 2.24) is 4.98 Å². The molecule has 0 aliphatic rings. The van der Waals surface area contributed by atoms with Crippen molar-refractivity contribution >= 4 is 11.5 Å². The maximum Gasteiger partial charge on any atom is 0.129 e. The Morgan fingerprint density at radius 2 is 2.19 bits per heavy atom. The third-order valence-corrected chi connectivity index (χ3v) is 2.72. The molecule has 0 bridgehead atoms. The zero-order valence-electron chi connectivity index (χ0n) is 10.6. The van der Waals surface area contributed by atoms with Crippen LogP contribution >= 0.6 is 0 Å². The number of nitrogens with zero attached hydrogens (tertiary/aromatic N) is 1. The maximum atomic E-state index is 5.67. The van der Waals surface area contributed by atoms with Crippen LogP contribution in [0.5, 0.6) is 0 Å². The highest BCUT2D eigenvalue weighted by Gasteiger charge is 2.05. The van der Waals surface area contributed by atoms with Gasteiger partial charge in [-0.25, -0.2) is 4.98 Å². The number of rotatable bonds is 6. The lowest BCUT2D eigenvalue weighted by Gasteiger charge is -2.16. The molecule has 0 saturated carbocycles. The second-order valence-corrected chi connectivity index (χ2v) is 4.48. The van der Waals surface area contributed by atoms with Gasteiger partial charge in [0, 0.05) is 6.04 Å². The first kappa shape index (κ1) is 12.8. The monoisotopic (exact) mass is 221 g/mol. The molecule has 1 aromatic rings. The number of aromatic nitrogens is 1. The quantitative estimate of drug-likeness (QED) is 0.724. The Bertz CT molecular complexity index is 323. The van der Waals surface area contributed by atoms with Crippen LogP contribution < -0.4 is 11.1 Å². The smallest absolute Gasteiger partial charge is 0.129 e. The Balaban J connectivity index is 2.46. The van der Waals surface area contributed by atoms with Crippen LogP contribution in [0.2, 0.25) is 0 Å². The van der Waals surface area contributed by atoms with Crippen molar-refractivity contribution in [3.8, 4) is 0 Å². The summed E-state index contributed by atoms with van der Waals surface area (Å²) < 4.78 is 0. The van der Waals surface area contributed by atoms with Crippen LogP contribution in [0.4, 0.5) is 11.5 Å². The average molecular weight is 221 g/mol. The lowest BCUT2D eigenvalue weighted by Crippen LogP contribution is -2.16. The van der Waals surface area contributed by atoms with Gasteiger partial charge in [0.05, 0.1) is 11.9 Å². The fourth-order valence-corrected chi connectivity index (χ4v) is 1.75. The van der Waals surface area contributed by atoms with Crippen molar-refractivity contribution in [2.45, 2.75) is 52.5 Å². The maximum absolute atomic E-state index is 5.67. The second-order valence-electron chi connectivity index (χ2n) is 4.48. The molecule has 0 fully saturated rings. The van der Waals surface area contributed by atoms with Crippen molar-refractivity contribution in [3.63, 3.8) is 0 Å². The number of nitrogens with two attached hydrogens (primary N) is 1. The van der Waals surface area contributed by atoms with E-state index in [9.17, 15) is 0 Å². The standard InChI is InChI=1S/C13H23N3/c1-4-5-6-7-11(3)16-13-10(2)8-12(14)9-15-13/h8-9,11H,4-7,14H2,1-3H3,(H,15,16). The van der Waals surface area contributed by atoms with Gasteiger partial charge in [0.2, 0.25) is 0 Å². The molecule has 3 nitrogen and oxygen atoms in total. The van der Waals surface area contributed by atoms with E-state index in [2.05, 4.69) is 24.1 Å². The molecule has 0 aromatic carbocycles. The van der Waals surface area contributed by atoms with Crippen molar-refractivity contribution in [3.05, 3.63) is 17.8 Å². The Hall–Kier alpha value is -1.25. The summed E-state index contributed by atoms with van der Waals surface area (Å²) in [6.45, 7) is 6.46. The molecule has 1 aromatic heterocycles. The minimum absolute atomic E-state index is 0.473. The number of hydrogen-bond donors (Lipinski definition) is 2. The average Bonchev–Trinajstić information content (AvgIpc) is 2.23. The number of nitrogens with one attached hydrogen (secondary N) is 1. The van der Waals surface area contributed by atoms with E-state index >= 15 is 0 Å². The van der Waals surface area contributed by atoms with E-state index in [1.807, 2.05) is 13.0 Å². The fraction of sp³-hybridized carbons (Fsp3) is 0.615. The van der Waals surface area contributed by atoms with Gasteiger partial charge < -0.3 is 11.1 Å². The van der Waals surface area contributed by atoms with Crippen molar-refractivity contribution in [2.75, 3.05) is 11.1 Å². The lowest BCUT2D eigenvalue weighted by atomic mass is 10.1. The number of aryl methyl sites for hydroxylation is 1. The highest BCUT2D eigenvalue weighted by atomic mass is 15.0. The molecular weight excluding hydrogens is 198 g/mol. The van der Waals surface area contributed by atoms with E-state index in [0.29, 0.717) is 6.04 Å². The molecule has 1 atom stereocenters. The van der Waals surface area contributed by atoms with Gasteiger partial charge in [0.1, 0.15) is 5.82 Å². The second kappa shape index (κ2) is 6.36. The molecule has 1 heterocycles. The Morgan fingerprint density at radius 3 is 2.81 bits per heavy atom. The summed E-state index contributed by atoms with van der Waals surface area (Å²) in [4.78, 5) is 4.31. The van der Waals surface area contributed by atoms with Crippen LogP contribution in [0.3, 0.4) is 0 Å². The first-order chi connectivity index (χ1) is 7.63. The van der Waals surface area contributed by atoms with Crippen LogP contribution in [0, 0.1) is 6.92 Å². The summed E-state index contributed by atoms with van der Waals surface area (Å²) in [6, 6.07) is 2.43. The van der Waals surface area contributed by atoms with Gasteiger partial charge in [-0.2, -0.15) is 0 Å². The molecule has 16 heavy (non-hydrogen) atoms. The van der Waals surface area contributed by atoms with Crippen molar-refractivity contribution < 1.29 is 0 Å². The molecule has 3 N–H and O–H groups in total. The number of hydrogen-bond acceptors (Lipinski definition) is 3. The molecule has 1 rings (SSSR count). The highest BCUT2D eigenvalue weighted by molar-refractivity contribution is 5.51. The van der Waals surface area contributed by atoms with E-state index in [0.717, 1.165) is 17.1 Å². The molecule has 3 heteroatoms. The predicted octanol–water partition coefficient (Wildman–Crippen LogP) is 3.35. The summed E-state index contributed by atoms with van der Waals surface area (Å²) in [7, 11) is 0. The first-order valence-electron chi connectivity index (χ1n) is 6.12. The topological polar surface area (TPSA) is 50.9 Å². The van der Waals surface area contributed by atoms with Crippen LogP contribution in [0.1, 0.15) is 45.1 Å². The number of anilines is 2. The van der Waals surface area contributed by atoms with E-state index in [1.54, 1.807) is 6.20 Å². The molecule has 0 radical (unpaired) electrons. The predicted molar refractivity (Wildman–Crippen MR) is 70.6 cm³/mol. The van der Waals surface area contributed by atoms with E-state index < -0.39 is 0 Å². The van der Waals surface area contributed by atoms with Gasteiger partial charge in [-0.3, -0.25) is 0 Å². The number of unbranched alkanes of at least 4 members (excludes halogenated alkanes) is 2. The Labute approximate surface area is 98.5 Å². The van der Waals surface area contributed by atoms with Gasteiger partial charge in [-0.05, 0) is 31.9 Å². The summed E-state index contributed by atoms with van der Waals surface area (Å²) >= 11 is 0. The molecule has 1 unspecified atom stereocenters. The fourth-order valence-electron chi connectivity index (χ4n) is 1.75. The lowest BCUT2D eigenvalue weighted by molar-refractivity contribution is 0.613. The molecule has 0 aliphatic heterocycles. The van der Waals surface area contributed by atoms with E-state index in [1.165, 1.54) is 25.7 Å². The number of nitrogen functional groups attached to an aromatic ring is 1. The number of pyridine rings is 1. The van der Waals surface area contributed by atoms with Gasteiger partial charge in [0.25, 0.3) is 0 Å². The van der Waals surface area contributed by atoms with E-state index in [-0.39, 0.29) is 0 Å². The van der Waals surface area contributed by atoms with Gasteiger partial charge in [-0.1, -0.05) is 26.2 Å². The van der Waals surface area contributed by atoms with Gasteiger partial charge in [0.15, 0.2) is 0 Å². The third kappa shape index (κ3) is 4.09. The van der Waals surface area contributed by atoms with Crippen LogP contribution in [-0.4, -0.2) is 11.0 Å². The molecule has 0 spiro atoms. The Kier molecular flexibility index (Phi) is 5.09. The minimum Gasteiger partial charge on any atom is -0.397 e. The summed E-state index contributed by atoms with van der Waals surface area (Å²) in [5, 5.41) is 3.43. The molecule has 0 aliphatic carbocycles. The normalized spacial score (nSPS) is 12.4.